The Morgan fingerprint density at radius 2 is 1.82 bits per heavy atom. The summed E-state index contributed by atoms with van der Waals surface area (Å²) in [6, 6.07) is 0. The number of rotatable bonds is 4. The van der Waals surface area contributed by atoms with Crippen molar-refractivity contribution < 1.29 is 14.9 Å². The molecule has 1 rings (SSSR count). The zero-order valence-corrected chi connectivity index (χ0v) is 11.1. The molecule has 0 aliphatic heterocycles. The van der Waals surface area contributed by atoms with Gasteiger partial charge in [0, 0.05) is 5.59 Å². The molecule has 0 aromatic rings. The number of nitroso groups, excluding NO2 is 1. The predicted octanol–water partition coefficient (Wildman–Crippen LogP) is 1.15. The molecule has 0 radical (unpaired) electrons. The molecule has 0 bridgehead atoms. The maximum atomic E-state index is 11.7. The molecule has 6 nitrogen and oxygen atoms in total. The summed E-state index contributed by atoms with van der Waals surface area (Å²) >= 11 is 0. The van der Waals surface area contributed by atoms with Gasteiger partial charge in [-0.25, -0.2) is 4.84 Å². The van der Waals surface area contributed by atoms with Crippen LogP contribution in [0.3, 0.4) is 0 Å². The van der Waals surface area contributed by atoms with Crippen molar-refractivity contribution in [2.24, 2.45) is 0 Å². The van der Waals surface area contributed by atoms with Crippen LogP contribution >= 0.6 is 0 Å². The Morgan fingerprint density at radius 1 is 1.29 bits per heavy atom. The smallest absolute Gasteiger partial charge is 0.274 e. The van der Waals surface area contributed by atoms with E-state index in [0.717, 1.165) is 25.7 Å². The fourth-order valence-electron chi connectivity index (χ4n) is 1.62. The Labute approximate surface area is 102 Å². The van der Waals surface area contributed by atoms with Crippen molar-refractivity contribution in [1.29, 1.82) is 0 Å². The average molecular weight is 246 g/mol. The molecule has 0 aromatic heterocycles. The lowest BCUT2D eigenvalue weighted by Crippen LogP contribution is -2.50. The quantitative estimate of drug-likeness (QED) is 0.575. The topological polar surface area (TPSA) is 64.8 Å². The summed E-state index contributed by atoms with van der Waals surface area (Å²) in [6.07, 6.45) is 2.82. The van der Waals surface area contributed by atoms with Crippen molar-refractivity contribution in [2.75, 3.05) is 7.05 Å². The van der Waals surface area contributed by atoms with E-state index in [9.17, 15) is 10.0 Å². The Morgan fingerprint density at radius 3 is 2.29 bits per heavy atom. The zero-order chi connectivity index (χ0) is 13.1. The number of aliphatic hydroxyl groups excluding tert-OH is 1. The summed E-state index contributed by atoms with van der Waals surface area (Å²) in [5.74, 6) is 0. The fraction of sp³-hybridized carbons (Fsp3) is 1.00. The summed E-state index contributed by atoms with van der Waals surface area (Å²) in [6.45, 7) is 5.82. The van der Waals surface area contributed by atoms with E-state index in [2.05, 4.69) is 5.59 Å². The third kappa shape index (κ3) is 4.47. The van der Waals surface area contributed by atoms with Gasteiger partial charge in [-0.2, -0.15) is 0 Å². The monoisotopic (exact) mass is 246 g/mol. The third-order valence-corrected chi connectivity index (χ3v) is 3.18. The normalized spacial score (nSPS) is 25.5. The van der Waals surface area contributed by atoms with Crippen LogP contribution in [0.25, 0.3) is 0 Å². The molecular weight excluding hydrogens is 222 g/mol. The molecule has 1 aliphatic rings. The summed E-state index contributed by atoms with van der Waals surface area (Å²) in [4.78, 5) is 17.6. The van der Waals surface area contributed by atoms with Crippen molar-refractivity contribution in [3.63, 3.8) is 0 Å². The minimum Gasteiger partial charge on any atom is -0.393 e. The van der Waals surface area contributed by atoms with Gasteiger partial charge in [0.05, 0.1) is 29.7 Å². The largest absolute Gasteiger partial charge is 0.393 e. The molecule has 17 heavy (non-hydrogen) atoms. The molecule has 100 valence electrons. The van der Waals surface area contributed by atoms with E-state index in [1.54, 1.807) is 7.05 Å². The standard InChI is InChI=1S/C11H24N3O3/c1-11(2,3)13(4)14(16)12-17-10-7-5-9(15)6-8-10/h9-10,15H,5-8H2,1-4H3,(H,12,16)/q+1. The molecule has 0 amide bonds. The van der Waals surface area contributed by atoms with Crippen LogP contribution in [0.2, 0.25) is 0 Å². The van der Waals surface area contributed by atoms with Crippen LogP contribution in [-0.4, -0.2) is 39.9 Å². The molecule has 0 saturated heterocycles. The Bertz CT molecular complexity index is 257. The SMILES string of the molecule is CN([N+](=O)NOC1CCC(O)CC1)C(C)(C)C. The summed E-state index contributed by atoms with van der Waals surface area (Å²) in [5.41, 5.74) is 2.13. The molecule has 0 aromatic carbocycles. The van der Waals surface area contributed by atoms with Gasteiger partial charge < -0.3 is 5.11 Å². The number of hydrogen-bond donors (Lipinski definition) is 2. The lowest BCUT2D eigenvalue weighted by Gasteiger charge is -2.25. The molecule has 0 spiro atoms. The Hall–Kier alpha value is -0.880. The number of nitrogens with one attached hydrogen (secondary N) is 1. The van der Waals surface area contributed by atoms with Crippen molar-refractivity contribution in [3.8, 4) is 0 Å². The van der Waals surface area contributed by atoms with Crippen molar-refractivity contribution in [1.82, 2.24) is 10.6 Å². The maximum absolute atomic E-state index is 11.7. The van der Waals surface area contributed by atoms with E-state index in [1.165, 1.54) is 5.01 Å². The first-order chi connectivity index (χ1) is 7.80. The van der Waals surface area contributed by atoms with Gasteiger partial charge in [0.15, 0.2) is 0 Å². The number of nitrogens with zero attached hydrogens (tertiary/aromatic N) is 2. The molecule has 0 heterocycles. The number of aliphatic hydroxyl groups is 1. The van der Waals surface area contributed by atoms with Crippen molar-refractivity contribution >= 4 is 0 Å². The highest BCUT2D eigenvalue weighted by atomic mass is 16.7. The highest BCUT2D eigenvalue weighted by Crippen LogP contribution is 2.20. The zero-order valence-electron chi connectivity index (χ0n) is 11.1. The van der Waals surface area contributed by atoms with Crippen LogP contribution in [0.1, 0.15) is 46.5 Å². The lowest BCUT2D eigenvalue weighted by molar-refractivity contribution is -0.797. The average Bonchev–Trinajstić information content (AvgIpc) is 2.25. The Balaban J connectivity index is 2.29. The number of hydrazine groups is 2. The minimum absolute atomic E-state index is 0.00298. The molecule has 6 heteroatoms. The molecule has 2 N–H and O–H groups in total. The molecule has 1 saturated carbocycles. The summed E-state index contributed by atoms with van der Waals surface area (Å²) < 4.78 is 0. The first-order valence-corrected chi connectivity index (χ1v) is 6.11. The van der Waals surface area contributed by atoms with Gasteiger partial charge in [-0.05, 0) is 46.5 Å². The molecule has 0 unspecified atom stereocenters. The van der Waals surface area contributed by atoms with Gasteiger partial charge in [0.1, 0.15) is 0 Å². The first kappa shape index (κ1) is 14.2. The van der Waals surface area contributed by atoms with Crippen LogP contribution in [-0.2, 0) is 4.84 Å². The van der Waals surface area contributed by atoms with Crippen LogP contribution < -0.4 is 5.59 Å². The molecule has 1 aliphatic carbocycles. The third-order valence-electron chi connectivity index (χ3n) is 3.18. The second-order valence-electron chi connectivity index (χ2n) is 5.61. The van der Waals surface area contributed by atoms with Gasteiger partial charge >= 0.3 is 0 Å². The second-order valence-corrected chi connectivity index (χ2v) is 5.61. The number of hydrogen-bond acceptors (Lipinski definition) is 3. The van der Waals surface area contributed by atoms with Gasteiger partial charge in [0.2, 0.25) is 0 Å². The summed E-state index contributed by atoms with van der Waals surface area (Å²) in [7, 11) is 1.70. The van der Waals surface area contributed by atoms with E-state index in [4.69, 9.17) is 4.84 Å². The van der Waals surface area contributed by atoms with E-state index in [0.29, 0.717) is 4.98 Å². The first-order valence-electron chi connectivity index (χ1n) is 6.11. The van der Waals surface area contributed by atoms with Gasteiger partial charge in [-0.15, -0.1) is 5.01 Å². The van der Waals surface area contributed by atoms with E-state index < -0.39 is 0 Å². The highest BCUT2D eigenvalue weighted by Gasteiger charge is 2.31. The fourth-order valence-corrected chi connectivity index (χ4v) is 1.62. The summed E-state index contributed by atoms with van der Waals surface area (Å²) in [5, 5.41) is 10.9. The van der Waals surface area contributed by atoms with Crippen LogP contribution in [0.15, 0.2) is 0 Å². The highest BCUT2D eigenvalue weighted by molar-refractivity contribution is 4.70. The van der Waals surface area contributed by atoms with Gasteiger partial charge in [0.25, 0.3) is 4.98 Å². The van der Waals surface area contributed by atoms with Crippen LogP contribution in [0.5, 0.6) is 0 Å². The maximum Gasteiger partial charge on any atom is 0.274 e. The van der Waals surface area contributed by atoms with Crippen LogP contribution in [0.4, 0.5) is 0 Å². The van der Waals surface area contributed by atoms with Crippen molar-refractivity contribution in [2.45, 2.75) is 64.2 Å². The van der Waals surface area contributed by atoms with Crippen molar-refractivity contribution in [3.05, 3.63) is 4.91 Å². The van der Waals surface area contributed by atoms with Gasteiger partial charge in [-0.1, -0.05) is 0 Å². The Kier molecular flexibility index (Phi) is 4.70. The minimum atomic E-state index is -0.263. The molecule has 1 fully saturated rings. The van der Waals surface area contributed by atoms with E-state index >= 15 is 0 Å². The molecule has 0 atom stereocenters. The predicted molar refractivity (Wildman–Crippen MR) is 63.6 cm³/mol. The molecular formula is C11H24N3O3+. The van der Waals surface area contributed by atoms with Crippen LogP contribution in [0, 0.1) is 4.91 Å². The van der Waals surface area contributed by atoms with E-state index in [1.807, 2.05) is 20.8 Å². The second kappa shape index (κ2) is 5.64. The lowest BCUT2D eigenvalue weighted by atomic mass is 9.95. The van der Waals surface area contributed by atoms with Gasteiger partial charge in [-0.3, -0.25) is 0 Å². The van der Waals surface area contributed by atoms with E-state index in [-0.39, 0.29) is 17.7 Å².